The molecule has 1 heterocycles. The van der Waals surface area contributed by atoms with Crippen molar-refractivity contribution in [1.82, 2.24) is 4.90 Å². The number of rotatable bonds is 3. The van der Waals surface area contributed by atoms with Crippen LogP contribution in [0.2, 0.25) is 0 Å². The van der Waals surface area contributed by atoms with Crippen LogP contribution in [0, 0.1) is 5.82 Å². The Labute approximate surface area is 134 Å². The van der Waals surface area contributed by atoms with Crippen LogP contribution < -0.4 is 5.73 Å². The number of nitrogens with two attached hydrogens (primary N) is 1. The highest BCUT2D eigenvalue weighted by molar-refractivity contribution is 14.0. The maximum Gasteiger partial charge on any atom is 0.191 e. The van der Waals surface area contributed by atoms with Gasteiger partial charge < -0.3 is 20.5 Å². The first kappa shape index (κ1) is 17.1. The lowest BCUT2D eigenvalue weighted by Gasteiger charge is -2.27. The quantitative estimate of drug-likeness (QED) is 0.457. The molecule has 0 bridgehead atoms. The lowest BCUT2D eigenvalue weighted by Crippen LogP contribution is -2.45. The van der Waals surface area contributed by atoms with Crippen molar-refractivity contribution in [1.29, 1.82) is 0 Å². The molecule has 7 heteroatoms. The summed E-state index contributed by atoms with van der Waals surface area (Å²) in [6, 6.07) is 6.11. The lowest BCUT2D eigenvalue weighted by molar-refractivity contribution is 0.0672. The van der Waals surface area contributed by atoms with Crippen molar-refractivity contribution in [2.24, 2.45) is 10.7 Å². The summed E-state index contributed by atoms with van der Waals surface area (Å²) in [6.45, 7) is 2.65. The number of morpholine rings is 1. The molecule has 112 valence electrons. The Morgan fingerprint density at radius 2 is 2.05 bits per heavy atom. The van der Waals surface area contributed by atoms with E-state index in [-0.39, 0.29) is 36.1 Å². The summed E-state index contributed by atoms with van der Waals surface area (Å²) >= 11 is 0. The summed E-state index contributed by atoms with van der Waals surface area (Å²) < 4.78 is 18.7. The Kier molecular flexibility index (Phi) is 7.17. The average Bonchev–Trinajstić information content (AvgIpc) is 2.46. The van der Waals surface area contributed by atoms with Crippen LogP contribution in [0.15, 0.2) is 29.3 Å². The van der Waals surface area contributed by atoms with Crippen LogP contribution in [0.4, 0.5) is 4.39 Å². The number of aliphatic hydroxyl groups is 1. The highest BCUT2D eigenvalue weighted by atomic mass is 127. The van der Waals surface area contributed by atoms with Crippen molar-refractivity contribution in [2.45, 2.75) is 6.10 Å². The largest absolute Gasteiger partial charge is 0.386 e. The molecule has 1 aromatic rings. The molecule has 0 radical (unpaired) electrons. The normalized spacial score (nSPS) is 17.5. The molecule has 0 spiro atoms. The second-order valence-corrected chi connectivity index (χ2v) is 4.34. The molecule has 3 N–H and O–H groups in total. The highest BCUT2D eigenvalue weighted by Crippen LogP contribution is 2.16. The van der Waals surface area contributed by atoms with E-state index < -0.39 is 11.9 Å². The van der Waals surface area contributed by atoms with Gasteiger partial charge in [0.05, 0.1) is 19.8 Å². The minimum absolute atomic E-state index is 0. The van der Waals surface area contributed by atoms with Gasteiger partial charge in [-0.1, -0.05) is 18.2 Å². The lowest BCUT2D eigenvalue weighted by atomic mass is 10.1. The third-order valence-corrected chi connectivity index (χ3v) is 3.03. The highest BCUT2D eigenvalue weighted by Gasteiger charge is 2.14. The van der Waals surface area contributed by atoms with Gasteiger partial charge in [0.15, 0.2) is 5.96 Å². The second kappa shape index (κ2) is 8.38. The summed E-state index contributed by atoms with van der Waals surface area (Å²) in [5.41, 5.74) is 6.07. The first-order valence-corrected chi connectivity index (χ1v) is 6.23. The van der Waals surface area contributed by atoms with E-state index in [0.717, 1.165) is 0 Å². The molecule has 0 amide bonds. The summed E-state index contributed by atoms with van der Waals surface area (Å²) in [4.78, 5) is 6.00. The molecule has 0 saturated carbocycles. The Morgan fingerprint density at radius 3 is 2.70 bits per heavy atom. The average molecular weight is 395 g/mol. The number of ether oxygens (including phenoxy) is 1. The van der Waals surface area contributed by atoms with Gasteiger partial charge in [0, 0.05) is 18.7 Å². The van der Waals surface area contributed by atoms with Gasteiger partial charge in [-0.25, -0.2) is 4.39 Å². The molecule has 1 unspecified atom stereocenters. The predicted molar refractivity (Wildman–Crippen MR) is 85.7 cm³/mol. The predicted octanol–water partition coefficient (Wildman–Crippen LogP) is 1.12. The zero-order chi connectivity index (χ0) is 13.7. The first-order valence-electron chi connectivity index (χ1n) is 6.23. The van der Waals surface area contributed by atoms with E-state index in [1.807, 2.05) is 4.90 Å². The maximum atomic E-state index is 13.5. The molecule has 2 rings (SSSR count). The van der Waals surface area contributed by atoms with E-state index in [2.05, 4.69) is 4.99 Å². The Morgan fingerprint density at radius 1 is 1.40 bits per heavy atom. The number of hydrogen-bond donors (Lipinski definition) is 2. The van der Waals surface area contributed by atoms with Crippen molar-refractivity contribution < 1.29 is 14.2 Å². The molecule has 1 aromatic carbocycles. The van der Waals surface area contributed by atoms with Crippen LogP contribution in [0.1, 0.15) is 11.7 Å². The third kappa shape index (κ3) is 4.57. The number of aliphatic hydroxyl groups excluding tert-OH is 1. The van der Waals surface area contributed by atoms with Crippen LogP contribution in [0.3, 0.4) is 0 Å². The van der Waals surface area contributed by atoms with E-state index in [1.54, 1.807) is 18.2 Å². The Hall–Kier alpha value is -0.930. The van der Waals surface area contributed by atoms with Crippen molar-refractivity contribution in [3.63, 3.8) is 0 Å². The van der Waals surface area contributed by atoms with Crippen LogP contribution in [0.25, 0.3) is 0 Å². The monoisotopic (exact) mass is 395 g/mol. The van der Waals surface area contributed by atoms with Crippen molar-refractivity contribution in [3.8, 4) is 0 Å². The van der Waals surface area contributed by atoms with Crippen LogP contribution in [0.5, 0.6) is 0 Å². The van der Waals surface area contributed by atoms with E-state index >= 15 is 0 Å². The minimum Gasteiger partial charge on any atom is -0.386 e. The van der Waals surface area contributed by atoms with Gasteiger partial charge in [-0.05, 0) is 6.07 Å². The summed E-state index contributed by atoms with van der Waals surface area (Å²) in [6.07, 6.45) is -0.985. The first-order chi connectivity index (χ1) is 9.18. The maximum absolute atomic E-state index is 13.5. The van der Waals surface area contributed by atoms with Gasteiger partial charge >= 0.3 is 0 Å². The molecule has 5 nitrogen and oxygen atoms in total. The van der Waals surface area contributed by atoms with Crippen LogP contribution in [-0.2, 0) is 4.74 Å². The van der Waals surface area contributed by atoms with Crippen molar-refractivity contribution in [2.75, 3.05) is 32.8 Å². The molecule has 0 aromatic heterocycles. The summed E-state index contributed by atoms with van der Waals surface area (Å²) in [5, 5.41) is 9.90. The number of benzene rings is 1. The van der Waals surface area contributed by atoms with E-state index in [9.17, 15) is 9.50 Å². The van der Waals surface area contributed by atoms with Gasteiger partial charge in [0.2, 0.25) is 0 Å². The fourth-order valence-electron chi connectivity index (χ4n) is 1.92. The number of nitrogens with zero attached hydrogens (tertiary/aromatic N) is 2. The molecule has 1 fully saturated rings. The number of guanidine groups is 1. The minimum atomic E-state index is -0.985. The molecule has 0 aliphatic carbocycles. The Bertz CT molecular complexity index is 453. The SMILES string of the molecule is I.NC(=NCC(O)c1ccccc1F)N1CCOCC1. The molecule has 1 aliphatic rings. The fourth-order valence-corrected chi connectivity index (χ4v) is 1.92. The fraction of sp³-hybridized carbons (Fsp3) is 0.462. The molecular weight excluding hydrogens is 376 g/mol. The molecule has 1 atom stereocenters. The van der Waals surface area contributed by atoms with Crippen LogP contribution >= 0.6 is 24.0 Å². The van der Waals surface area contributed by atoms with E-state index in [4.69, 9.17) is 10.5 Å². The van der Waals surface area contributed by atoms with E-state index in [0.29, 0.717) is 32.3 Å². The third-order valence-electron chi connectivity index (χ3n) is 3.03. The number of aliphatic imine (C=N–C) groups is 1. The molecule has 1 saturated heterocycles. The standard InChI is InChI=1S/C13H18FN3O2.HI/c14-11-4-2-1-3-10(11)12(18)9-16-13(15)17-5-7-19-8-6-17;/h1-4,12,18H,5-9H2,(H2,15,16);1H. The van der Waals surface area contributed by atoms with Gasteiger partial charge in [-0.15, -0.1) is 24.0 Å². The van der Waals surface area contributed by atoms with Crippen LogP contribution in [-0.4, -0.2) is 48.8 Å². The van der Waals surface area contributed by atoms with Crippen molar-refractivity contribution >= 4 is 29.9 Å². The second-order valence-electron chi connectivity index (χ2n) is 4.34. The van der Waals surface area contributed by atoms with Crippen molar-refractivity contribution in [3.05, 3.63) is 35.6 Å². The molecule has 20 heavy (non-hydrogen) atoms. The van der Waals surface area contributed by atoms with Gasteiger partial charge in [0.25, 0.3) is 0 Å². The summed E-state index contributed by atoms with van der Waals surface area (Å²) in [7, 11) is 0. The Balaban J connectivity index is 0.00000200. The van der Waals surface area contributed by atoms with E-state index in [1.165, 1.54) is 6.07 Å². The number of hydrogen-bond acceptors (Lipinski definition) is 3. The van der Waals surface area contributed by atoms with Gasteiger partial charge in [-0.3, -0.25) is 4.99 Å². The van der Waals surface area contributed by atoms with Gasteiger partial charge in [0.1, 0.15) is 11.9 Å². The molecular formula is C13H19FIN3O2. The zero-order valence-corrected chi connectivity index (χ0v) is 13.4. The molecule has 1 aliphatic heterocycles. The number of halogens is 2. The zero-order valence-electron chi connectivity index (χ0n) is 11.0. The van der Waals surface area contributed by atoms with Gasteiger partial charge in [-0.2, -0.15) is 0 Å². The summed E-state index contributed by atoms with van der Waals surface area (Å²) in [5.74, 6) is -0.0752. The smallest absolute Gasteiger partial charge is 0.191 e. The topological polar surface area (TPSA) is 71.1 Å².